The van der Waals surface area contributed by atoms with Gasteiger partial charge in [-0.3, -0.25) is 4.79 Å². The average Bonchev–Trinajstić information content (AvgIpc) is 2.21. The molecule has 1 rings (SSSR count). The first-order valence-electron chi connectivity index (χ1n) is 6.09. The van der Waals surface area contributed by atoms with Gasteiger partial charge in [0.15, 0.2) is 0 Å². The van der Waals surface area contributed by atoms with Crippen molar-refractivity contribution in [3.8, 4) is 0 Å². The number of nitrogens with one attached hydrogen (secondary N) is 2. The zero-order valence-electron chi connectivity index (χ0n) is 11.4. The molecule has 3 nitrogen and oxygen atoms in total. The Morgan fingerprint density at radius 3 is 2.61 bits per heavy atom. The first-order valence-corrected chi connectivity index (χ1v) is 6.47. The highest BCUT2D eigenvalue weighted by atomic mass is 35.5. The van der Waals surface area contributed by atoms with Gasteiger partial charge in [-0.15, -0.1) is 0 Å². The summed E-state index contributed by atoms with van der Waals surface area (Å²) in [5.41, 5.74) is 1.81. The number of hydrogen-bond acceptors (Lipinski definition) is 2. The van der Waals surface area contributed by atoms with Crippen LogP contribution in [-0.2, 0) is 4.79 Å². The number of carbonyl (C=O) groups is 1. The highest BCUT2D eigenvalue weighted by Gasteiger charge is 2.13. The van der Waals surface area contributed by atoms with Crippen LogP contribution in [-0.4, -0.2) is 18.0 Å². The first kappa shape index (κ1) is 14.8. The monoisotopic (exact) mass is 268 g/mol. The fourth-order valence-corrected chi connectivity index (χ4v) is 1.76. The third-order valence-electron chi connectivity index (χ3n) is 2.45. The molecule has 0 fully saturated rings. The minimum Gasteiger partial charge on any atom is -0.384 e. The van der Waals surface area contributed by atoms with Crippen LogP contribution in [0.5, 0.6) is 0 Å². The van der Waals surface area contributed by atoms with Crippen LogP contribution in [0.15, 0.2) is 18.2 Å². The molecule has 0 bridgehead atoms. The SMILES string of the molecule is Cc1c(Cl)cccc1NCCC(=O)NC(C)(C)C. The van der Waals surface area contributed by atoms with Crippen molar-refractivity contribution in [3.63, 3.8) is 0 Å². The molecule has 0 radical (unpaired) electrons. The molecular formula is C14H21ClN2O. The lowest BCUT2D eigenvalue weighted by molar-refractivity contribution is -0.122. The highest BCUT2D eigenvalue weighted by Crippen LogP contribution is 2.22. The molecular weight excluding hydrogens is 248 g/mol. The van der Waals surface area contributed by atoms with Gasteiger partial charge in [0.1, 0.15) is 0 Å². The van der Waals surface area contributed by atoms with E-state index < -0.39 is 0 Å². The van der Waals surface area contributed by atoms with Crippen molar-refractivity contribution in [2.45, 2.75) is 39.7 Å². The number of anilines is 1. The van der Waals surface area contributed by atoms with Gasteiger partial charge in [0.25, 0.3) is 0 Å². The van der Waals surface area contributed by atoms with Gasteiger partial charge in [-0.1, -0.05) is 17.7 Å². The summed E-state index contributed by atoms with van der Waals surface area (Å²) < 4.78 is 0. The van der Waals surface area contributed by atoms with E-state index in [1.54, 1.807) is 0 Å². The van der Waals surface area contributed by atoms with Crippen LogP contribution in [0.2, 0.25) is 5.02 Å². The van der Waals surface area contributed by atoms with Crippen LogP contribution >= 0.6 is 11.6 Å². The molecule has 100 valence electrons. The van der Waals surface area contributed by atoms with E-state index in [1.807, 2.05) is 45.9 Å². The Kier molecular flexibility index (Phi) is 5.03. The van der Waals surface area contributed by atoms with Crippen molar-refractivity contribution in [1.82, 2.24) is 5.32 Å². The third kappa shape index (κ3) is 4.96. The van der Waals surface area contributed by atoms with Gasteiger partial charge in [-0.05, 0) is 45.4 Å². The van der Waals surface area contributed by atoms with Crippen LogP contribution in [0, 0.1) is 6.92 Å². The second-order valence-electron chi connectivity index (χ2n) is 5.39. The molecule has 0 aromatic heterocycles. The maximum absolute atomic E-state index is 11.6. The van der Waals surface area contributed by atoms with Gasteiger partial charge < -0.3 is 10.6 Å². The Morgan fingerprint density at radius 1 is 1.33 bits per heavy atom. The molecule has 0 aliphatic rings. The maximum atomic E-state index is 11.6. The fraction of sp³-hybridized carbons (Fsp3) is 0.500. The van der Waals surface area contributed by atoms with Gasteiger partial charge in [-0.25, -0.2) is 0 Å². The number of halogens is 1. The van der Waals surface area contributed by atoms with E-state index in [4.69, 9.17) is 11.6 Å². The molecule has 1 amide bonds. The Morgan fingerprint density at radius 2 is 2.00 bits per heavy atom. The van der Waals surface area contributed by atoms with Gasteiger partial charge in [-0.2, -0.15) is 0 Å². The minimum atomic E-state index is -0.178. The third-order valence-corrected chi connectivity index (χ3v) is 2.86. The van der Waals surface area contributed by atoms with E-state index in [-0.39, 0.29) is 11.4 Å². The summed E-state index contributed by atoms with van der Waals surface area (Å²) in [6, 6.07) is 5.71. The molecule has 0 spiro atoms. The normalized spacial score (nSPS) is 11.2. The Balaban J connectivity index is 2.43. The minimum absolute atomic E-state index is 0.0506. The lowest BCUT2D eigenvalue weighted by atomic mass is 10.1. The van der Waals surface area contributed by atoms with Crippen molar-refractivity contribution in [2.75, 3.05) is 11.9 Å². The topological polar surface area (TPSA) is 41.1 Å². The fourth-order valence-electron chi connectivity index (χ4n) is 1.59. The molecule has 0 unspecified atom stereocenters. The average molecular weight is 269 g/mol. The van der Waals surface area contributed by atoms with Crippen LogP contribution in [0.25, 0.3) is 0 Å². The molecule has 1 aromatic carbocycles. The summed E-state index contributed by atoms with van der Waals surface area (Å²) in [5.74, 6) is 0.0506. The van der Waals surface area contributed by atoms with Crippen LogP contribution in [0.1, 0.15) is 32.8 Å². The number of benzene rings is 1. The van der Waals surface area contributed by atoms with E-state index in [9.17, 15) is 4.79 Å². The number of amides is 1. The smallest absolute Gasteiger partial charge is 0.222 e. The summed E-state index contributed by atoms with van der Waals surface area (Å²) >= 11 is 6.02. The van der Waals surface area contributed by atoms with Gasteiger partial charge in [0.05, 0.1) is 0 Å². The summed E-state index contributed by atoms with van der Waals surface area (Å²) in [6.45, 7) is 8.47. The van der Waals surface area contributed by atoms with E-state index in [2.05, 4.69) is 10.6 Å². The summed E-state index contributed by atoms with van der Waals surface area (Å²) in [6.07, 6.45) is 0.448. The molecule has 0 heterocycles. The number of hydrogen-bond donors (Lipinski definition) is 2. The zero-order valence-corrected chi connectivity index (χ0v) is 12.2. The molecule has 0 atom stereocenters. The number of carbonyl (C=O) groups excluding carboxylic acids is 1. The molecule has 0 aliphatic carbocycles. The van der Waals surface area contributed by atoms with Gasteiger partial charge in [0.2, 0.25) is 5.91 Å². The molecule has 0 saturated carbocycles. The largest absolute Gasteiger partial charge is 0.384 e. The standard InChI is InChI=1S/C14H21ClN2O/c1-10-11(15)6-5-7-12(10)16-9-8-13(18)17-14(2,3)4/h5-7,16H,8-9H2,1-4H3,(H,17,18). The van der Waals surface area contributed by atoms with Crippen molar-refractivity contribution < 1.29 is 4.79 Å². The van der Waals surface area contributed by atoms with Crippen LogP contribution in [0.3, 0.4) is 0 Å². The Labute approximate surface area is 114 Å². The molecule has 4 heteroatoms. The van der Waals surface area contributed by atoms with Crippen molar-refractivity contribution >= 4 is 23.2 Å². The second-order valence-corrected chi connectivity index (χ2v) is 5.79. The second kappa shape index (κ2) is 6.10. The van der Waals surface area contributed by atoms with Crippen molar-refractivity contribution in [1.29, 1.82) is 0 Å². The molecule has 2 N–H and O–H groups in total. The summed E-state index contributed by atoms with van der Waals surface area (Å²) in [7, 11) is 0. The summed E-state index contributed by atoms with van der Waals surface area (Å²) in [5, 5.41) is 6.89. The van der Waals surface area contributed by atoms with E-state index in [0.29, 0.717) is 13.0 Å². The van der Waals surface area contributed by atoms with E-state index in [0.717, 1.165) is 16.3 Å². The predicted molar refractivity (Wildman–Crippen MR) is 77.2 cm³/mol. The van der Waals surface area contributed by atoms with Crippen molar-refractivity contribution in [3.05, 3.63) is 28.8 Å². The lowest BCUT2D eigenvalue weighted by Gasteiger charge is -2.20. The quantitative estimate of drug-likeness (QED) is 0.879. The predicted octanol–water partition coefficient (Wildman–Crippen LogP) is 3.37. The van der Waals surface area contributed by atoms with E-state index >= 15 is 0 Å². The first-order chi connectivity index (χ1) is 8.29. The highest BCUT2D eigenvalue weighted by molar-refractivity contribution is 6.31. The zero-order chi connectivity index (χ0) is 13.8. The van der Waals surface area contributed by atoms with Crippen LogP contribution in [0.4, 0.5) is 5.69 Å². The molecule has 0 aliphatic heterocycles. The molecule has 1 aromatic rings. The summed E-state index contributed by atoms with van der Waals surface area (Å²) in [4.78, 5) is 11.6. The van der Waals surface area contributed by atoms with E-state index in [1.165, 1.54) is 0 Å². The number of rotatable bonds is 4. The van der Waals surface area contributed by atoms with Gasteiger partial charge >= 0.3 is 0 Å². The van der Waals surface area contributed by atoms with Gasteiger partial charge in [0, 0.05) is 29.2 Å². The Hall–Kier alpha value is -1.22. The lowest BCUT2D eigenvalue weighted by Crippen LogP contribution is -2.41. The Bertz CT molecular complexity index is 424. The molecule has 18 heavy (non-hydrogen) atoms. The van der Waals surface area contributed by atoms with Crippen LogP contribution < -0.4 is 10.6 Å². The molecule has 0 saturated heterocycles. The van der Waals surface area contributed by atoms with Crippen molar-refractivity contribution in [2.24, 2.45) is 0 Å². The maximum Gasteiger partial charge on any atom is 0.222 e.